The van der Waals surface area contributed by atoms with Crippen LogP contribution in [0.2, 0.25) is 0 Å². The van der Waals surface area contributed by atoms with Crippen LogP contribution in [-0.2, 0) is 0 Å². The molecule has 120 valence electrons. The predicted octanol–water partition coefficient (Wildman–Crippen LogP) is 4.07. The second kappa shape index (κ2) is 8.67. The highest BCUT2D eigenvalue weighted by Crippen LogP contribution is 2.13. The lowest BCUT2D eigenvalue weighted by Crippen LogP contribution is -2.24. The van der Waals surface area contributed by atoms with E-state index in [0.29, 0.717) is 23.4 Å². The van der Waals surface area contributed by atoms with Gasteiger partial charge in [0.05, 0.1) is 0 Å². The van der Waals surface area contributed by atoms with Crippen molar-refractivity contribution >= 4 is 40.1 Å². The number of unbranched alkanes of at least 4 members (excludes halogenated alkanes) is 1. The maximum Gasteiger partial charge on any atom is 0.255 e. The molecule has 0 saturated heterocycles. The number of hydrogen-bond acceptors (Lipinski definition) is 2. The fraction of sp³-hybridized carbons (Fsp3) is 0.222. The summed E-state index contributed by atoms with van der Waals surface area (Å²) < 4.78 is 1.01. The zero-order valence-corrected chi connectivity index (χ0v) is 15.1. The third-order valence-corrected chi connectivity index (χ3v) is 3.98. The number of nitrogens with one attached hydrogen (secondary N) is 2. The summed E-state index contributed by atoms with van der Waals surface area (Å²) in [5.41, 5.74) is 1.87. The van der Waals surface area contributed by atoms with Gasteiger partial charge >= 0.3 is 0 Å². The van der Waals surface area contributed by atoms with E-state index in [4.69, 9.17) is 0 Å². The average Bonchev–Trinajstić information content (AvgIpc) is 2.55. The Balaban J connectivity index is 1.97. The first-order valence-electron chi connectivity index (χ1n) is 7.55. The minimum atomic E-state index is -0.163. The molecule has 2 amide bonds. The molecule has 4 nitrogen and oxygen atoms in total. The molecule has 0 heterocycles. The van der Waals surface area contributed by atoms with Crippen LogP contribution in [0.3, 0.4) is 0 Å². The number of benzene rings is 2. The summed E-state index contributed by atoms with van der Waals surface area (Å²) in [6, 6.07) is 14.3. The summed E-state index contributed by atoms with van der Waals surface area (Å²) in [5, 5.41) is 5.69. The number of carbonyl (C=O) groups is 2. The molecule has 0 bridgehead atoms. The van der Waals surface area contributed by atoms with Crippen molar-refractivity contribution in [3.63, 3.8) is 0 Å². The van der Waals surface area contributed by atoms with Crippen LogP contribution in [0.5, 0.6) is 0 Å². The standard InChI is InChI=1S/C18H19IN2O2/c1-2-3-11-20-17(22)13-7-9-16(10-8-13)21-18(23)14-5-4-6-15(19)12-14/h4-10,12H,2-3,11H2,1H3,(H,20,22)(H,21,23). The summed E-state index contributed by atoms with van der Waals surface area (Å²) in [4.78, 5) is 24.1. The summed E-state index contributed by atoms with van der Waals surface area (Å²) >= 11 is 2.17. The molecular weight excluding hydrogens is 403 g/mol. The van der Waals surface area contributed by atoms with E-state index in [9.17, 15) is 9.59 Å². The van der Waals surface area contributed by atoms with Crippen molar-refractivity contribution < 1.29 is 9.59 Å². The summed E-state index contributed by atoms with van der Waals surface area (Å²) in [7, 11) is 0. The van der Waals surface area contributed by atoms with Crippen molar-refractivity contribution in [2.75, 3.05) is 11.9 Å². The van der Waals surface area contributed by atoms with Gasteiger partial charge in [0.15, 0.2) is 0 Å². The van der Waals surface area contributed by atoms with Crippen LogP contribution in [0.1, 0.15) is 40.5 Å². The smallest absolute Gasteiger partial charge is 0.255 e. The van der Waals surface area contributed by atoms with E-state index < -0.39 is 0 Å². The Kier molecular flexibility index (Phi) is 6.58. The number of hydrogen-bond donors (Lipinski definition) is 2. The molecule has 0 aliphatic rings. The minimum absolute atomic E-state index is 0.0889. The van der Waals surface area contributed by atoms with Gasteiger partial charge < -0.3 is 10.6 Å². The van der Waals surface area contributed by atoms with E-state index in [1.165, 1.54) is 0 Å². The van der Waals surface area contributed by atoms with Crippen molar-refractivity contribution in [1.82, 2.24) is 5.32 Å². The third kappa shape index (κ3) is 5.35. The number of amides is 2. The molecule has 0 aromatic heterocycles. The van der Waals surface area contributed by atoms with Gasteiger partial charge in [0.1, 0.15) is 0 Å². The largest absolute Gasteiger partial charge is 0.352 e. The van der Waals surface area contributed by atoms with E-state index in [1.54, 1.807) is 30.3 Å². The molecule has 0 aliphatic carbocycles. The fourth-order valence-corrected chi connectivity index (χ4v) is 2.56. The third-order valence-electron chi connectivity index (χ3n) is 3.31. The van der Waals surface area contributed by atoms with Crippen LogP contribution in [0.25, 0.3) is 0 Å². The highest BCUT2D eigenvalue weighted by Gasteiger charge is 2.08. The highest BCUT2D eigenvalue weighted by molar-refractivity contribution is 14.1. The van der Waals surface area contributed by atoms with E-state index >= 15 is 0 Å². The Morgan fingerprint density at radius 2 is 1.74 bits per heavy atom. The van der Waals surface area contributed by atoms with Gasteiger partial charge in [0.25, 0.3) is 11.8 Å². The molecule has 0 spiro atoms. The Hall–Kier alpha value is -1.89. The summed E-state index contributed by atoms with van der Waals surface area (Å²) in [6.07, 6.45) is 2.01. The molecule has 0 atom stereocenters. The van der Waals surface area contributed by atoms with Crippen LogP contribution in [0, 0.1) is 3.57 Å². The fourth-order valence-electron chi connectivity index (χ4n) is 2.02. The van der Waals surface area contributed by atoms with Crippen molar-refractivity contribution in [3.8, 4) is 0 Å². The van der Waals surface area contributed by atoms with Crippen molar-refractivity contribution in [2.24, 2.45) is 0 Å². The lowest BCUT2D eigenvalue weighted by atomic mass is 10.1. The predicted molar refractivity (Wildman–Crippen MR) is 101 cm³/mol. The lowest BCUT2D eigenvalue weighted by molar-refractivity contribution is 0.0952. The van der Waals surface area contributed by atoms with Gasteiger partial charge in [-0.05, 0) is 71.5 Å². The topological polar surface area (TPSA) is 58.2 Å². The van der Waals surface area contributed by atoms with Crippen molar-refractivity contribution in [3.05, 3.63) is 63.2 Å². The molecule has 23 heavy (non-hydrogen) atoms. The van der Waals surface area contributed by atoms with Crippen LogP contribution < -0.4 is 10.6 Å². The van der Waals surface area contributed by atoms with Gasteiger partial charge in [-0.25, -0.2) is 0 Å². The molecule has 5 heteroatoms. The van der Waals surface area contributed by atoms with Gasteiger partial charge in [-0.1, -0.05) is 19.4 Å². The highest BCUT2D eigenvalue weighted by atomic mass is 127. The van der Waals surface area contributed by atoms with Gasteiger partial charge in [0.2, 0.25) is 0 Å². The van der Waals surface area contributed by atoms with Crippen LogP contribution in [0.4, 0.5) is 5.69 Å². The van der Waals surface area contributed by atoms with Crippen LogP contribution >= 0.6 is 22.6 Å². The molecule has 2 aromatic carbocycles. The Bertz CT molecular complexity index is 684. The van der Waals surface area contributed by atoms with Gasteiger partial charge in [-0.2, -0.15) is 0 Å². The van der Waals surface area contributed by atoms with Crippen molar-refractivity contribution in [2.45, 2.75) is 19.8 Å². The molecular formula is C18H19IN2O2. The van der Waals surface area contributed by atoms with E-state index in [1.807, 2.05) is 18.2 Å². The molecule has 2 rings (SSSR count). The Morgan fingerprint density at radius 1 is 1.00 bits per heavy atom. The van der Waals surface area contributed by atoms with E-state index in [0.717, 1.165) is 16.4 Å². The van der Waals surface area contributed by atoms with E-state index in [2.05, 4.69) is 40.1 Å². The number of carbonyl (C=O) groups excluding carboxylic acids is 2. The quantitative estimate of drug-likeness (QED) is 0.545. The molecule has 0 fully saturated rings. The molecule has 0 radical (unpaired) electrons. The van der Waals surface area contributed by atoms with Crippen LogP contribution in [0.15, 0.2) is 48.5 Å². The van der Waals surface area contributed by atoms with Crippen LogP contribution in [-0.4, -0.2) is 18.4 Å². The van der Waals surface area contributed by atoms with E-state index in [-0.39, 0.29) is 11.8 Å². The molecule has 2 N–H and O–H groups in total. The number of rotatable bonds is 6. The molecule has 0 unspecified atom stereocenters. The monoisotopic (exact) mass is 422 g/mol. The van der Waals surface area contributed by atoms with Gasteiger partial charge in [-0.3, -0.25) is 9.59 Å². The SMILES string of the molecule is CCCCNC(=O)c1ccc(NC(=O)c2cccc(I)c2)cc1. The second-order valence-corrected chi connectivity index (χ2v) is 6.40. The summed E-state index contributed by atoms with van der Waals surface area (Å²) in [5.74, 6) is -0.252. The maximum atomic E-state index is 12.2. The first kappa shape index (κ1) is 17.5. The Labute approximate surface area is 149 Å². The first-order chi connectivity index (χ1) is 11.1. The Morgan fingerprint density at radius 3 is 2.39 bits per heavy atom. The van der Waals surface area contributed by atoms with Gasteiger partial charge in [0, 0.05) is 26.9 Å². The van der Waals surface area contributed by atoms with Crippen molar-refractivity contribution in [1.29, 1.82) is 0 Å². The normalized spacial score (nSPS) is 10.2. The molecule has 0 aliphatic heterocycles. The zero-order chi connectivity index (χ0) is 16.7. The molecule has 0 saturated carbocycles. The maximum absolute atomic E-state index is 12.2. The minimum Gasteiger partial charge on any atom is -0.352 e. The zero-order valence-electron chi connectivity index (χ0n) is 12.9. The first-order valence-corrected chi connectivity index (χ1v) is 8.63. The second-order valence-electron chi connectivity index (χ2n) is 5.15. The average molecular weight is 422 g/mol. The number of halogens is 1. The van der Waals surface area contributed by atoms with Gasteiger partial charge in [-0.15, -0.1) is 0 Å². The molecule has 2 aromatic rings. The summed E-state index contributed by atoms with van der Waals surface area (Å²) in [6.45, 7) is 2.76. The number of anilines is 1. The lowest BCUT2D eigenvalue weighted by Gasteiger charge is -2.07.